The molecule has 142 valence electrons. The van der Waals surface area contributed by atoms with E-state index in [1.165, 1.54) is 26.9 Å². The molecule has 6 rings (SSSR count). The highest BCUT2D eigenvalue weighted by Crippen LogP contribution is 2.38. The number of hydrogen-bond donors (Lipinski definition) is 1. The number of rotatable bonds is 4. The second kappa shape index (κ2) is 6.42. The van der Waals surface area contributed by atoms with Crippen molar-refractivity contribution in [2.75, 3.05) is 5.32 Å². The number of carbonyl (C=O) groups is 1. The largest absolute Gasteiger partial charge is 0.327 e. The molecule has 0 fully saturated rings. The Labute approximate surface area is 172 Å². The van der Waals surface area contributed by atoms with E-state index in [9.17, 15) is 4.79 Å². The zero-order valence-corrected chi connectivity index (χ0v) is 16.0. The van der Waals surface area contributed by atoms with Crippen molar-refractivity contribution in [3.63, 3.8) is 0 Å². The Morgan fingerprint density at radius 1 is 0.733 bits per heavy atom. The zero-order chi connectivity index (χ0) is 20.1. The maximum atomic E-state index is 11.0. The van der Waals surface area contributed by atoms with Gasteiger partial charge in [0.2, 0.25) is 6.41 Å². The summed E-state index contributed by atoms with van der Waals surface area (Å²) < 4.78 is 1.94. The molecule has 4 heteroatoms. The van der Waals surface area contributed by atoms with E-state index in [2.05, 4.69) is 59.9 Å². The Kier molecular flexibility index (Phi) is 3.59. The molecule has 0 spiro atoms. The van der Waals surface area contributed by atoms with Crippen LogP contribution in [0.4, 0.5) is 11.4 Å². The Morgan fingerprint density at radius 2 is 1.47 bits per heavy atom. The van der Waals surface area contributed by atoms with Crippen molar-refractivity contribution in [2.24, 2.45) is 4.99 Å². The van der Waals surface area contributed by atoms with E-state index in [1.54, 1.807) is 0 Å². The predicted octanol–water partition coefficient (Wildman–Crippen LogP) is 6.32. The third-order valence-electron chi connectivity index (χ3n) is 5.78. The topological polar surface area (TPSA) is 46.4 Å². The van der Waals surface area contributed by atoms with E-state index in [1.807, 2.05) is 41.4 Å². The number of nitrogens with zero attached hydrogens (tertiary/aromatic N) is 2. The summed E-state index contributed by atoms with van der Waals surface area (Å²) >= 11 is 0. The molecule has 0 bridgehead atoms. The molecule has 4 nitrogen and oxygen atoms in total. The minimum atomic E-state index is 0.699. The Hall–Kier alpha value is -4.18. The highest BCUT2D eigenvalue weighted by atomic mass is 16.1. The van der Waals surface area contributed by atoms with Crippen molar-refractivity contribution in [3.8, 4) is 0 Å². The minimum absolute atomic E-state index is 0.699. The van der Waals surface area contributed by atoms with E-state index in [0.29, 0.717) is 6.41 Å². The second-order valence-corrected chi connectivity index (χ2v) is 7.41. The maximum Gasteiger partial charge on any atom is 0.211 e. The fraction of sp³-hybridized carbons (Fsp3) is 0. The number of nitrogens with one attached hydrogen (secondary N) is 1. The summed E-state index contributed by atoms with van der Waals surface area (Å²) in [5.74, 6) is 0. The van der Waals surface area contributed by atoms with Crippen molar-refractivity contribution >= 4 is 67.3 Å². The highest BCUT2D eigenvalue weighted by Gasteiger charge is 2.10. The van der Waals surface area contributed by atoms with Gasteiger partial charge in [0, 0.05) is 17.0 Å². The Balaban J connectivity index is 1.55. The van der Waals surface area contributed by atoms with Crippen molar-refractivity contribution in [1.82, 2.24) is 4.57 Å². The number of anilines is 1. The first kappa shape index (κ1) is 16.7. The molecule has 0 aliphatic carbocycles. The average Bonchev–Trinajstić information content (AvgIpc) is 3.14. The van der Waals surface area contributed by atoms with Crippen LogP contribution in [0.25, 0.3) is 43.2 Å². The Morgan fingerprint density at radius 3 is 2.30 bits per heavy atom. The molecule has 0 unspecified atom stereocenters. The summed E-state index contributed by atoms with van der Waals surface area (Å²) in [6, 6.07) is 27.2. The van der Waals surface area contributed by atoms with Crippen molar-refractivity contribution in [2.45, 2.75) is 0 Å². The normalized spacial score (nSPS) is 12.0. The SMILES string of the molecule is O=CNc1cn(C=Nc2ccc3ccc4cccc5ccc2c3c45)c2ccccc12. The van der Waals surface area contributed by atoms with Gasteiger partial charge in [-0.3, -0.25) is 4.79 Å². The molecule has 0 radical (unpaired) electrons. The molecule has 5 aromatic carbocycles. The lowest BCUT2D eigenvalue weighted by Crippen LogP contribution is -1.94. The van der Waals surface area contributed by atoms with Crippen molar-refractivity contribution in [3.05, 3.63) is 85.1 Å². The van der Waals surface area contributed by atoms with Crippen LogP contribution in [0.5, 0.6) is 0 Å². The van der Waals surface area contributed by atoms with Gasteiger partial charge >= 0.3 is 0 Å². The molecule has 0 saturated heterocycles. The van der Waals surface area contributed by atoms with Crippen LogP contribution < -0.4 is 5.32 Å². The molecule has 0 atom stereocenters. The maximum absolute atomic E-state index is 11.0. The van der Waals surface area contributed by atoms with Crippen LogP contribution >= 0.6 is 0 Å². The minimum Gasteiger partial charge on any atom is -0.327 e. The molecule has 30 heavy (non-hydrogen) atoms. The highest BCUT2D eigenvalue weighted by molar-refractivity contribution is 6.25. The molecule has 0 aliphatic rings. The summed E-state index contributed by atoms with van der Waals surface area (Å²) in [5.41, 5.74) is 2.68. The smallest absolute Gasteiger partial charge is 0.211 e. The van der Waals surface area contributed by atoms with Gasteiger partial charge in [0.15, 0.2) is 0 Å². The first-order chi connectivity index (χ1) is 14.8. The number of amides is 1. The molecule has 1 aromatic heterocycles. The average molecular weight is 387 g/mol. The predicted molar refractivity (Wildman–Crippen MR) is 125 cm³/mol. The number of aromatic nitrogens is 1. The molecule has 0 saturated carbocycles. The lowest BCUT2D eigenvalue weighted by Gasteiger charge is -2.12. The van der Waals surface area contributed by atoms with Gasteiger partial charge in [-0.05, 0) is 39.1 Å². The summed E-state index contributed by atoms with van der Waals surface area (Å²) in [6.07, 6.45) is 4.40. The van der Waals surface area contributed by atoms with Crippen LogP contribution in [-0.4, -0.2) is 17.3 Å². The van der Waals surface area contributed by atoms with Crippen LogP contribution in [0.15, 0.2) is 90.1 Å². The van der Waals surface area contributed by atoms with Crippen molar-refractivity contribution in [1.29, 1.82) is 0 Å². The van der Waals surface area contributed by atoms with Crippen LogP contribution in [0.1, 0.15) is 0 Å². The standard InChI is InChI=1S/C26H17N3O/c30-16-28-23-14-29(24-7-2-1-6-20(23)24)15-27-22-13-11-19-9-8-17-4-3-5-18-10-12-21(22)26(19)25(17)18/h1-16H,(H,28,30). The van der Waals surface area contributed by atoms with E-state index in [-0.39, 0.29) is 0 Å². The monoisotopic (exact) mass is 387 g/mol. The zero-order valence-electron chi connectivity index (χ0n) is 16.0. The Bertz CT molecular complexity index is 1580. The van der Waals surface area contributed by atoms with Gasteiger partial charge in [-0.2, -0.15) is 0 Å². The molecule has 1 N–H and O–H groups in total. The van der Waals surface area contributed by atoms with Crippen molar-refractivity contribution < 1.29 is 4.79 Å². The quantitative estimate of drug-likeness (QED) is 0.164. The third-order valence-corrected chi connectivity index (χ3v) is 5.78. The number of aliphatic imine (C=N–C) groups is 1. The first-order valence-corrected chi connectivity index (χ1v) is 9.84. The lowest BCUT2D eigenvalue weighted by atomic mass is 9.94. The number of fused-ring (bicyclic) bond motifs is 1. The first-order valence-electron chi connectivity index (χ1n) is 9.84. The van der Waals surface area contributed by atoms with Gasteiger partial charge in [-0.1, -0.05) is 66.7 Å². The van der Waals surface area contributed by atoms with E-state index >= 15 is 0 Å². The summed E-state index contributed by atoms with van der Waals surface area (Å²) in [5, 5.41) is 11.1. The van der Waals surface area contributed by atoms with Gasteiger partial charge in [-0.15, -0.1) is 0 Å². The molecule has 1 amide bonds. The molecule has 6 aromatic rings. The second-order valence-electron chi connectivity index (χ2n) is 7.41. The molecule has 1 heterocycles. The fourth-order valence-corrected chi connectivity index (χ4v) is 4.44. The van der Waals surface area contributed by atoms with Gasteiger partial charge in [0.25, 0.3) is 0 Å². The third kappa shape index (κ3) is 2.40. The number of carbonyl (C=O) groups excluding carboxylic acids is 1. The van der Waals surface area contributed by atoms with Crippen LogP contribution in [0.2, 0.25) is 0 Å². The fourth-order valence-electron chi connectivity index (χ4n) is 4.44. The van der Waals surface area contributed by atoms with E-state index in [4.69, 9.17) is 4.99 Å². The van der Waals surface area contributed by atoms with Gasteiger partial charge < -0.3 is 9.88 Å². The number of para-hydroxylation sites is 1. The van der Waals surface area contributed by atoms with Crippen LogP contribution in [0.3, 0.4) is 0 Å². The van der Waals surface area contributed by atoms with Gasteiger partial charge in [0.05, 0.1) is 23.2 Å². The van der Waals surface area contributed by atoms with Gasteiger partial charge in [-0.25, -0.2) is 4.99 Å². The summed E-state index contributed by atoms with van der Waals surface area (Å²) in [4.78, 5) is 15.8. The molecular weight excluding hydrogens is 370 g/mol. The summed E-state index contributed by atoms with van der Waals surface area (Å²) in [6.45, 7) is 0. The lowest BCUT2D eigenvalue weighted by molar-refractivity contribution is -0.105. The number of benzene rings is 5. The van der Waals surface area contributed by atoms with Crippen LogP contribution in [-0.2, 0) is 4.79 Å². The molecular formula is C26H17N3O. The van der Waals surface area contributed by atoms with Crippen LogP contribution in [0, 0.1) is 0 Å². The van der Waals surface area contributed by atoms with E-state index < -0.39 is 0 Å². The summed E-state index contributed by atoms with van der Waals surface area (Å²) in [7, 11) is 0. The van der Waals surface area contributed by atoms with E-state index in [0.717, 1.165) is 27.7 Å². The molecule has 0 aliphatic heterocycles. The number of hydrogen-bond acceptors (Lipinski definition) is 2. The van der Waals surface area contributed by atoms with Gasteiger partial charge in [0.1, 0.15) is 0 Å².